The average molecular weight is 384 g/mol. The predicted octanol–water partition coefficient (Wildman–Crippen LogP) is 3.86. The number of nitrogens with zero attached hydrogens (tertiary/aromatic N) is 1. The topological polar surface area (TPSA) is 32.3 Å². The molecule has 0 saturated carbocycles. The molecule has 27 heavy (non-hydrogen) atoms. The summed E-state index contributed by atoms with van der Waals surface area (Å²) in [6.07, 6.45) is 4.02. The normalized spacial score (nSPS) is 20.1. The molecule has 0 aliphatic carbocycles. The van der Waals surface area contributed by atoms with Crippen LogP contribution < -0.4 is 4.72 Å². The Kier molecular flexibility index (Phi) is 6.28. The van der Waals surface area contributed by atoms with E-state index in [2.05, 4.69) is 64.4 Å². The molecule has 1 saturated heterocycles. The van der Waals surface area contributed by atoms with Crippen molar-refractivity contribution in [2.45, 2.75) is 45.7 Å². The zero-order chi connectivity index (χ0) is 19.4. The standard InChI is InChI=1S/C23H30N2OS/c1-23(2,3)22(26)25-14-13-20(24-27-4)21(25)16-17-9-8-12-19(15-17)18-10-6-5-7-11-18/h5-12,15,20-21,24H,13-14,16H2,1-4H3/p+1. The highest BCUT2D eigenvalue weighted by Crippen LogP contribution is 2.29. The van der Waals surface area contributed by atoms with Gasteiger partial charge in [0.05, 0.1) is 24.0 Å². The summed E-state index contributed by atoms with van der Waals surface area (Å²) in [6.45, 7) is 6.88. The van der Waals surface area contributed by atoms with Crippen molar-refractivity contribution in [2.24, 2.45) is 5.41 Å². The molecule has 0 aromatic heterocycles. The van der Waals surface area contributed by atoms with Gasteiger partial charge in [-0.25, -0.2) is 0 Å². The Balaban J connectivity index is 1.85. The van der Waals surface area contributed by atoms with Gasteiger partial charge in [0.25, 0.3) is 0 Å². The minimum Gasteiger partial charge on any atom is -0.337 e. The Morgan fingerprint density at radius 1 is 1.11 bits per heavy atom. The van der Waals surface area contributed by atoms with Crippen LogP contribution in [0.3, 0.4) is 0 Å². The largest absolute Gasteiger partial charge is 0.337 e. The minimum absolute atomic E-state index is 0.204. The van der Waals surface area contributed by atoms with Crippen molar-refractivity contribution in [2.75, 3.05) is 12.8 Å². The van der Waals surface area contributed by atoms with E-state index < -0.39 is 0 Å². The van der Waals surface area contributed by atoms with Crippen molar-refractivity contribution in [1.29, 1.82) is 0 Å². The van der Waals surface area contributed by atoms with Gasteiger partial charge in [0.15, 0.2) is 0 Å². The lowest BCUT2D eigenvalue weighted by molar-refractivity contribution is -0.140. The summed E-state index contributed by atoms with van der Waals surface area (Å²) in [5.41, 5.74) is 3.41. The molecule has 4 heteroatoms. The minimum atomic E-state index is -0.344. The first-order valence-corrected chi connectivity index (χ1v) is 11.0. The van der Waals surface area contributed by atoms with Crippen LogP contribution in [-0.4, -0.2) is 35.7 Å². The third kappa shape index (κ3) is 4.74. The van der Waals surface area contributed by atoms with E-state index in [1.54, 1.807) is 0 Å². The van der Waals surface area contributed by atoms with Crippen molar-refractivity contribution in [3.63, 3.8) is 0 Å². The van der Waals surface area contributed by atoms with Gasteiger partial charge in [-0.1, -0.05) is 75.4 Å². The first kappa shape index (κ1) is 20.0. The van der Waals surface area contributed by atoms with Crippen molar-refractivity contribution >= 4 is 17.9 Å². The molecule has 0 spiro atoms. The van der Waals surface area contributed by atoms with Crippen LogP contribution in [0.5, 0.6) is 0 Å². The molecule has 0 radical (unpaired) electrons. The number of nitrogens with one attached hydrogen (secondary N) is 1. The molecular weight excluding hydrogens is 352 g/mol. The number of likely N-dealkylation sites (tertiary alicyclic amines) is 1. The molecule has 1 fully saturated rings. The maximum Gasteiger partial charge on any atom is 0.228 e. The molecule has 2 aromatic rings. The fourth-order valence-corrected chi connectivity index (χ4v) is 4.49. The molecule has 2 unspecified atom stereocenters. The van der Waals surface area contributed by atoms with Crippen LogP contribution in [0.1, 0.15) is 32.8 Å². The van der Waals surface area contributed by atoms with Gasteiger partial charge in [0.2, 0.25) is 5.91 Å². The van der Waals surface area contributed by atoms with Gasteiger partial charge in [0.1, 0.15) is 6.26 Å². The van der Waals surface area contributed by atoms with Gasteiger partial charge in [-0.2, -0.15) is 0 Å². The Bertz CT molecular complexity index is 769. The maximum atomic E-state index is 13.0. The molecule has 1 heterocycles. The molecule has 144 valence electrons. The number of hydrogen-bond donors (Lipinski definition) is 1. The third-order valence-electron chi connectivity index (χ3n) is 5.22. The monoisotopic (exact) mass is 383 g/mol. The van der Waals surface area contributed by atoms with Crippen molar-refractivity contribution < 1.29 is 4.79 Å². The second-order valence-electron chi connectivity index (χ2n) is 8.33. The van der Waals surface area contributed by atoms with Gasteiger partial charge >= 0.3 is 0 Å². The van der Waals surface area contributed by atoms with Gasteiger partial charge < -0.3 is 4.90 Å². The Hall–Kier alpha value is -1.78. The predicted molar refractivity (Wildman–Crippen MR) is 117 cm³/mol. The van der Waals surface area contributed by atoms with E-state index in [1.807, 2.05) is 26.8 Å². The molecule has 1 amide bonds. The number of thiol groups is 1. The Labute approximate surface area is 167 Å². The first-order chi connectivity index (χ1) is 12.9. The molecule has 1 aliphatic heterocycles. The third-order valence-corrected chi connectivity index (χ3v) is 5.81. The summed E-state index contributed by atoms with van der Waals surface area (Å²) >= 11 is 1.17. The van der Waals surface area contributed by atoms with E-state index in [0.29, 0.717) is 6.04 Å². The summed E-state index contributed by atoms with van der Waals surface area (Å²) in [4.78, 5) is 15.1. The number of hydrogen-bond acceptors (Lipinski definition) is 2. The molecule has 1 N–H and O–H groups in total. The zero-order valence-electron chi connectivity index (χ0n) is 16.8. The van der Waals surface area contributed by atoms with E-state index in [0.717, 1.165) is 19.4 Å². The van der Waals surface area contributed by atoms with Gasteiger partial charge in [0, 0.05) is 12.0 Å². The summed E-state index contributed by atoms with van der Waals surface area (Å²) in [6, 6.07) is 19.8. The lowest BCUT2D eigenvalue weighted by atomic mass is 9.92. The number of carbonyl (C=O) groups is 1. The summed E-state index contributed by atoms with van der Waals surface area (Å²) in [5.74, 6) is 0.254. The number of amides is 1. The van der Waals surface area contributed by atoms with Crippen LogP contribution >= 0.6 is 0 Å². The zero-order valence-corrected chi connectivity index (χ0v) is 17.7. The van der Waals surface area contributed by atoms with Crippen molar-refractivity contribution in [3.8, 4) is 11.1 Å². The highest BCUT2D eigenvalue weighted by Gasteiger charge is 2.41. The SMILES string of the molecule is C[SH+]NC1CCN(C(=O)C(C)(C)C)C1Cc1cccc(-c2ccccc2)c1. The van der Waals surface area contributed by atoms with Gasteiger partial charge in [-0.3, -0.25) is 4.79 Å². The van der Waals surface area contributed by atoms with Crippen LogP contribution in [-0.2, 0) is 23.2 Å². The lowest BCUT2D eigenvalue weighted by Crippen LogP contribution is -2.49. The summed E-state index contributed by atoms with van der Waals surface area (Å²) in [7, 11) is 0. The van der Waals surface area contributed by atoms with E-state index in [1.165, 1.54) is 28.6 Å². The molecular formula is C23H31N2OS+. The number of rotatable bonds is 5. The van der Waals surface area contributed by atoms with Gasteiger partial charge in [-0.05, 0) is 29.5 Å². The van der Waals surface area contributed by atoms with Crippen LogP contribution in [0.4, 0.5) is 0 Å². The molecule has 2 atom stereocenters. The quantitative estimate of drug-likeness (QED) is 0.628. The second kappa shape index (κ2) is 8.49. The molecule has 3 rings (SSSR count). The second-order valence-corrected chi connectivity index (χ2v) is 9.04. The highest BCUT2D eigenvalue weighted by molar-refractivity contribution is 7.75. The van der Waals surface area contributed by atoms with Crippen molar-refractivity contribution in [1.82, 2.24) is 9.62 Å². The van der Waals surface area contributed by atoms with E-state index in [4.69, 9.17) is 0 Å². The van der Waals surface area contributed by atoms with Crippen LogP contribution in [0.2, 0.25) is 0 Å². The van der Waals surface area contributed by atoms with E-state index in [9.17, 15) is 4.79 Å². The smallest absolute Gasteiger partial charge is 0.228 e. The Morgan fingerprint density at radius 3 is 2.48 bits per heavy atom. The van der Waals surface area contributed by atoms with E-state index >= 15 is 0 Å². The first-order valence-electron chi connectivity index (χ1n) is 9.70. The summed E-state index contributed by atoms with van der Waals surface area (Å²) in [5, 5.41) is 0. The van der Waals surface area contributed by atoms with Crippen LogP contribution in [0.15, 0.2) is 54.6 Å². The van der Waals surface area contributed by atoms with Crippen LogP contribution in [0.25, 0.3) is 11.1 Å². The highest BCUT2D eigenvalue weighted by atomic mass is 32.2. The molecule has 2 aromatic carbocycles. The van der Waals surface area contributed by atoms with Crippen molar-refractivity contribution in [3.05, 3.63) is 60.2 Å². The summed E-state index contributed by atoms with van der Waals surface area (Å²) < 4.78 is 3.58. The van der Waals surface area contributed by atoms with E-state index in [-0.39, 0.29) is 17.4 Å². The fourth-order valence-electron chi connectivity index (χ4n) is 3.86. The lowest BCUT2D eigenvalue weighted by Gasteiger charge is -2.32. The molecule has 1 aliphatic rings. The average Bonchev–Trinajstić information content (AvgIpc) is 3.04. The number of benzene rings is 2. The fraction of sp³-hybridized carbons (Fsp3) is 0.435. The van der Waals surface area contributed by atoms with Gasteiger partial charge in [-0.15, -0.1) is 4.72 Å². The van der Waals surface area contributed by atoms with Crippen LogP contribution in [0, 0.1) is 5.41 Å². The number of carbonyl (C=O) groups excluding carboxylic acids is 1. The maximum absolute atomic E-state index is 13.0. The Morgan fingerprint density at radius 2 is 1.81 bits per heavy atom. The molecule has 0 bridgehead atoms. The molecule has 3 nitrogen and oxygen atoms in total.